The summed E-state index contributed by atoms with van der Waals surface area (Å²) in [5.41, 5.74) is 3.70. The van der Waals surface area contributed by atoms with Crippen LogP contribution in [0.25, 0.3) is 0 Å². The van der Waals surface area contributed by atoms with E-state index in [0.29, 0.717) is 10.6 Å². The molecule has 0 fully saturated rings. The Kier molecular flexibility index (Phi) is 5.93. The topological polar surface area (TPSA) is 104 Å². The summed E-state index contributed by atoms with van der Waals surface area (Å²) in [5, 5.41) is 2.55. The molecule has 0 saturated heterocycles. The first kappa shape index (κ1) is 19.1. The van der Waals surface area contributed by atoms with E-state index in [9.17, 15) is 18.0 Å². The quantitative estimate of drug-likeness (QED) is 0.667. The minimum Gasteiger partial charge on any atom is -0.326 e. The second-order valence-electron chi connectivity index (χ2n) is 5.34. The first-order valence-corrected chi connectivity index (χ1v) is 9.82. The van der Waals surface area contributed by atoms with Gasteiger partial charge in [-0.1, -0.05) is 6.92 Å². The molecule has 134 valence electrons. The van der Waals surface area contributed by atoms with Crippen molar-refractivity contribution < 1.29 is 18.0 Å². The predicted molar refractivity (Wildman–Crippen MR) is 97.0 cm³/mol. The number of rotatable bonds is 6. The summed E-state index contributed by atoms with van der Waals surface area (Å²) < 4.78 is 24.4. The largest absolute Gasteiger partial charge is 0.326 e. The van der Waals surface area contributed by atoms with Crippen molar-refractivity contribution in [1.82, 2.24) is 10.3 Å². The molecule has 25 heavy (non-hydrogen) atoms. The fourth-order valence-corrected chi connectivity index (χ4v) is 3.99. The van der Waals surface area contributed by atoms with Gasteiger partial charge in [0.15, 0.2) is 0 Å². The zero-order valence-corrected chi connectivity index (χ0v) is 15.7. The number of anilines is 1. The van der Waals surface area contributed by atoms with Gasteiger partial charge in [-0.3, -0.25) is 15.0 Å². The number of carbonyl (C=O) groups is 2. The average Bonchev–Trinajstić information content (AvgIpc) is 2.93. The molecule has 0 atom stereocenters. The van der Waals surface area contributed by atoms with Gasteiger partial charge in [-0.25, -0.2) is 8.42 Å². The van der Waals surface area contributed by atoms with Crippen molar-refractivity contribution in [2.75, 3.05) is 5.32 Å². The van der Waals surface area contributed by atoms with Crippen LogP contribution in [0.4, 0.5) is 5.69 Å². The van der Waals surface area contributed by atoms with Crippen molar-refractivity contribution in [3.8, 4) is 0 Å². The van der Waals surface area contributed by atoms with Crippen LogP contribution >= 0.6 is 11.3 Å². The number of thiophene rings is 1. The Bertz CT molecular complexity index is 887. The maximum atomic E-state index is 12.2. The van der Waals surface area contributed by atoms with Crippen molar-refractivity contribution in [3.05, 3.63) is 45.6 Å². The van der Waals surface area contributed by atoms with Crippen LogP contribution in [-0.2, 0) is 21.2 Å². The molecule has 1 aromatic heterocycles. The number of hydrogen-bond donors (Lipinski definition) is 3. The van der Waals surface area contributed by atoms with E-state index in [1.807, 2.05) is 13.8 Å². The molecule has 2 rings (SSSR count). The van der Waals surface area contributed by atoms with Crippen LogP contribution < -0.4 is 15.6 Å². The lowest BCUT2D eigenvalue weighted by Gasteiger charge is -2.08. The van der Waals surface area contributed by atoms with Crippen LogP contribution in [0.1, 0.15) is 34.0 Å². The van der Waals surface area contributed by atoms with E-state index in [1.54, 1.807) is 6.07 Å². The lowest BCUT2D eigenvalue weighted by Crippen LogP contribution is -2.41. The van der Waals surface area contributed by atoms with Crippen molar-refractivity contribution in [2.24, 2.45) is 0 Å². The zero-order chi connectivity index (χ0) is 18.6. The van der Waals surface area contributed by atoms with Gasteiger partial charge in [0.25, 0.3) is 15.9 Å². The van der Waals surface area contributed by atoms with Gasteiger partial charge < -0.3 is 5.32 Å². The number of sulfonamides is 1. The third-order valence-corrected chi connectivity index (χ3v) is 5.99. The van der Waals surface area contributed by atoms with E-state index in [2.05, 4.69) is 15.6 Å². The molecule has 9 heteroatoms. The van der Waals surface area contributed by atoms with Crippen LogP contribution in [0.2, 0.25) is 0 Å². The fourth-order valence-electron chi connectivity index (χ4n) is 2.14. The Morgan fingerprint density at radius 2 is 1.80 bits per heavy atom. The first-order valence-electron chi connectivity index (χ1n) is 7.52. The molecule has 2 amide bonds. The summed E-state index contributed by atoms with van der Waals surface area (Å²) >= 11 is 1.33. The van der Waals surface area contributed by atoms with E-state index in [4.69, 9.17) is 0 Å². The average molecular weight is 381 g/mol. The summed E-state index contributed by atoms with van der Waals surface area (Å²) in [6.45, 7) is 5.26. The molecule has 2 aromatic rings. The molecule has 7 nitrogen and oxygen atoms in total. The maximum Gasteiger partial charge on any atom is 0.276 e. The van der Waals surface area contributed by atoms with Crippen LogP contribution in [0.5, 0.6) is 0 Å². The second-order valence-corrected chi connectivity index (χ2v) is 8.15. The summed E-state index contributed by atoms with van der Waals surface area (Å²) in [5.74, 6) is -0.759. The smallest absolute Gasteiger partial charge is 0.276 e. The Hall–Kier alpha value is -2.23. The van der Waals surface area contributed by atoms with Gasteiger partial charge in [-0.2, -0.15) is 0 Å². The van der Waals surface area contributed by atoms with E-state index >= 15 is 0 Å². The number of amides is 2. The van der Waals surface area contributed by atoms with E-state index in [1.165, 1.54) is 42.5 Å². The van der Waals surface area contributed by atoms with Gasteiger partial charge in [-0.15, -0.1) is 16.2 Å². The van der Waals surface area contributed by atoms with Crippen molar-refractivity contribution in [3.63, 3.8) is 0 Å². The molecule has 0 spiro atoms. The third-order valence-electron chi connectivity index (χ3n) is 3.35. The van der Waals surface area contributed by atoms with Crippen molar-refractivity contribution >= 4 is 38.9 Å². The minimum absolute atomic E-state index is 0.0292. The molecule has 0 aliphatic heterocycles. The number of hydrazine groups is 1. The summed E-state index contributed by atoms with van der Waals surface area (Å²) in [6.07, 6.45) is 0.816. The highest BCUT2D eigenvalue weighted by atomic mass is 32.2. The molecule has 0 radical (unpaired) electrons. The van der Waals surface area contributed by atoms with Crippen LogP contribution in [0, 0.1) is 6.92 Å². The molecule has 1 heterocycles. The van der Waals surface area contributed by atoms with Crippen LogP contribution in [-0.4, -0.2) is 20.2 Å². The van der Waals surface area contributed by atoms with Gasteiger partial charge in [0, 0.05) is 17.5 Å². The third kappa shape index (κ3) is 4.88. The van der Waals surface area contributed by atoms with E-state index in [-0.39, 0.29) is 10.8 Å². The van der Waals surface area contributed by atoms with E-state index in [0.717, 1.165) is 16.9 Å². The molecule has 1 aromatic carbocycles. The highest BCUT2D eigenvalue weighted by Gasteiger charge is 2.17. The molecular weight excluding hydrogens is 362 g/mol. The first-order chi connectivity index (χ1) is 11.7. The number of benzene rings is 1. The van der Waals surface area contributed by atoms with Gasteiger partial charge in [0.05, 0.1) is 9.77 Å². The molecule has 3 N–H and O–H groups in total. The zero-order valence-electron chi connectivity index (χ0n) is 14.0. The minimum atomic E-state index is -3.91. The SMILES string of the molecule is CCc1sc(C(=O)NNS(=O)(=O)c2ccc(NC(C)=O)cc2)cc1C. The molecule has 0 aliphatic rings. The molecule has 0 saturated carbocycles. The number of carbonyl (C=O) groups excluding carboxylic acids is 2. The maximum absolute atomic E-state index is 12.2. The predicted octanol–water partition coefficient (Wildman–Crippen LogP) is 2.20. The van der Waals surface area contributed by atoms with Gasteiger partial charge in [0.2, 0.25) is 5.91 Å². The monoisotopic (exact) mass is 381 g/mol. The second kappa shape index (κ2) is 7.77. The standard InChI is InChI=1S/C16H19N3O4S2/c1-4-14-10(2)9-15(24-14)16(21)18-19-25(22,23)13-7-5-12(6-8-13)17-11(3)20/h5-9,19H,4H2,1-3H3,(H,17,20)(H,18,21). The lowest BCUT2D eigenvalue weighted by molar-refractivity contribution is -0.114. The lowest BCUT2D eigenvalue weighted by atomic mass is 10.2. The molecule has 0 unspecified atom stereocenters. The van der Waals surface area contributed by atoms with E-state index < -0.39 is 15.9 Å². The number of hydrogen-bond acceptors (Lipinski definition) is 5. The van der Waals surface area contributed by atoms with Gasteiger partial charge in [-0.05, 0) is 49.2 Å². The normalized spacial score (nSPS) is 11.2. The van der Waals surface area contributed by atoms with Crippen molar-refractivity contribution in [2.45, 2.75) is 32.1 Å². The van der Waals surface area contributed by atoms with Gasteiger partial charge >= 0.3 is 0 Å². The molecular formula is C16H19N3O4S2. The van der Waals surface area contributed by atoms with Gasteiger partial charge in [0.1, 0.15) is 0 Å². The number of nitrogens with one attached hydrogen (secondary N) is 3. The number of aryl methyl sites for hydroxylation is 2. The van der Waals surface area contributed by atoms with Crippen molar-refractivity contribution in [1.29, 1.82) is 0 Å². The highest BCUT2D eigenvalue weighted by molar-refractivity contribution is 7.89. The fraction of sp³-hybridized carbons (Fsp3) is 0.250. The summed E-state index contributed by atoms with van der Waals surface area (Å²) in [7, 11) is -3.91. The van der Waals surface area contributed by atoms with Crippen LogP contribution in [0.15, 0.2) is 35.2 Å². The Balaban J connectivity index is 2.05. The Labute approximate surface area is 150 Å². The van der Waals surface area contributed by atoms with Crippen LogP contribution in [0.3, 0.4) is 0 Å². The molecule has 0 aliphatic carbocycles. The Morgan fingerprint density at radius 3 is 2.32 bits per heavy atom. The summed E-state index contributed by atoms with van der Waals surface area (Å²) in [4.78, 5) is 26.6. The molecule has 0 bridgehead atoms. The summed E-state index contributed by atoms with van der Waals surface area (Å²) in [6, 6.07) is 7.34. The Morgan fingerprint density at radius 1 is 1.16 bits per heavy atom. The highest BCUT2D eigenvalue weighted by Crippen LogP contribution is 2.22.